The Morgan fingerprint density at radius 2 is 1.84 bits per heavy atom. The number of aromatic nitrogens is 8. The molecular weight excluding hydrogens is 722 g/mol. The molecular formula is C26H36N10O11P2S. The van der Waals surface area contributed by atoms with E-state index in [0.29, 0.717) is 11.2 Å². The second kappa shape index (κ2) is 12.9. The minimum absolute atomic E-state index is 0.0313. The molecule has 1 aliphatic carbocycles. The number of rotatable bonds is 5. The highest BCUT2D eigenvalue weighted by Crippen LogP contribution is 2.63. The van der Waals surface area contributed by atoms with Crippen molar-refractivity contribution in [2.45, 2.75) is 62.9 Å². The molecule has 7 rings (SSSR count). The number of thiol groups is 1. The third kappa shape index (κ3) is 6.05. The maximum absolute atomic E-state index is 14.6. The molecule has 3 aliphatic rings. The minimum atomic E-state index is -4.52. The quantitative estimate of drug-likeness (QED) is 0.143. The molecule has 0 spiro atoms. The lowest BCUT2D eigenvalue weighted by molar-refractivity contribution is -0.0964. The number of nitrogens with one attached hydrogen (secondary N) is 1. The predicted molar refractivity (Wildman–Crippen MR) is 177 cm³/mol. The highest BCUT2D eigenvalue weighted by molar-refractivity contribution is 8.44. The van der Waals surface area contributed by atoms with E-state index in [1.165, 1.54) is 30.7 Å². The van der Waals surface area contributed by atoms with E-state index in [-0.39, 0.29) is 62.2 Å². The summed E-state index contributed by atoms with van der Waals surface area (Å²) in [6, 6.07) is -0.757. The van der Waals surface area contributed by atoms with Crippen molar-refractivity contribution in [2.75, 3.05) is 45.0 Å². The molecule has 9 atom stereocenters. The number of H-pyrrole nitrogens is 1. The average molecular weight is 759 g/mol. The Hall–Kier alpha value is -3.01. The van der Waals surface area contributed by atoms with Crippen molar-refractivity contribution >= 4 is 61.0 Å². The van der Waals surface area contributed by atoms with Crippen LogP contribution in [-0.4, -0.2) is 102 Å². The Labute approximate surface area is 288 Å². The van der Waals surface area contributed by atoms with Gasteiger partial charge in [0.2, 0.25) is 5.95 Å². The summed E-state index contributed by atoms with van der Waals surface area (Å²) < 4.78 is 73.1. The number of phosphoric ester groups is 1. The van der Waals surface area contributed by atoms with Gasteiger partial charge in [0.1, 0.15) is 35.8 Å². The molecule has 4 aromatic heterocycles. The number of hydrogen-bond acceptors (Lipinski definition) is 18. The molecule has 1 saturated carbocycles. The number of phosphoric acid groups is 1. The molecule has 0 bridgehead atoms. The van der Waals surface area contributed by atoms with Gasteiger partial charge >= 0.3 is 14.6 Å². The van der Waals surface area contributed by atoms with Gasteiger partial charge in [0.25, 0.3) is 5.56 Å². The van der Waals surface area contributed by atoms with Gasteiger partial charge in [0.15, 0.2) is 28.9 Å². The summed E-state index contributed by atoms with van der Waals surface area (Å²) in [7, 11) is -3.14. The van der Waals surface area contributed by atoms with Gasteiger partial charge in [-0.2, -0.15) is 4.98 Å². The first kappa shape index (κ1) is 35.4. The van der Waals surface area contributed by atoms with Crippen molar-refractivity contribution in [1.29, 1.82) is 0 Å². The fourth-order valence-electron chi connectivity index (χ4n) is 6.82. The van der Waals surface area contributed by atoms with Crippen LogP contribution in [-0.2, 0) is 41.2 Å². The first-order chi connectivity index (χ1) is 23.7. The van der Waals surface area contributed by atoms with E-state index in [0.717, 1.165) is 0 Å². The second-order valence-electron chi connectivity index (χ2n) is 12.5. The van der Waals surface area contributed by atoms with E-state index < -0.39 is 61.8 Å². The fourth-order valence-corrected chi connectivity index (χ4v) is 9.95. The molecule has 6 N–H and O–H groups in total. The fraction of sp³-hybridized carbons (Fsp3) is 0.615. The first-order valence-electron chi connectivity index (χ1n) is 15.5. The smallest absolute Gasteiger partial charge is 0.388 e. The molecule has 0 aromatic carbocycles. The molecule has 0 amide bonds. The number of hydrogen-bond donors (Lipinski definition) is 5. The molecule has 24 heteroatoms. The SMILES string of the molecule is CCO[P@]1(=O)OC[C@@]2(C)C[C@@H](n3cnc4c(N)ncnc43)[C@H](O)[C@@H]2O[P@](=O)(S)OCCC2(OC)CO[C@@H](n3cnc4c(=O)[nH]c(N)nc43)[C@@H]2O1. The highest BCUT2D eigenvalue weighted by Gasteiger charge is 2.59. The van der Waals surface area contributed by atoms with Gasteiger partial charge in [-0.1, -0.05) is 19.2 Å². The number of ether oxygens (including phenoxy) is 2. The van der Waals surface area contributed by atoms with Crippen molar-refractivity contribution in [1.82, 2.24) is 39.0 Å². The lowest BCUT2D eigenvalue weighted by Crippen LogP contribution is -2.47. The molecule has 1 unspecified atom stereocenters. The summed E-state index contributed by atoms with van der Waals surface area (Å²) in [6.07, 6.45) is -0.903. The van der Waals surface area contributed by atoms with Crippen LogP contribution in [0.5, 0.6) is 0 Å². The van der Waals surface area contributed by atoms with E-state index in [9.17, 15) is 19.0 Å². The van der Waals surface area contributed by atoms with Gasteiger partial charge in [-0.25, -0.2) is 29.1 Å². The summed E-state index contributed by atoms with van der Waals surface area (Å²) in [4.78, 5) is 35.9. The molecule has 2 saturated heterocycles. The van der Waals surface area contributed by atoms with Gasteiger partial charge in [-0.15, -0.1) is 0 Å². The topological polar surface area (TPSA) is 278 Å². The third-order valence-corrected chi connectivity index (χ3v) is 12.5. The number of aromatic amines is 1. The number of anilines is 2. The zero-order chi connectivity index (χ0) is 35.6. The van der Waals surface area contributed by atoms with Crippen molar-refractivity contribution in [2.24, 2.45) is 5.41 Å². The number of aliphatic hydroxyl groups excluding tert-OH is 1. The van der Waals surface area contributed by atoms with Crippen LogP contribution < -0.4 is 17.0 Å². The Balaban J connectivity index is 1.28. The summed E-state index contributed by atoms with van der Waals surface area (Å²) in [5.74, 6) is -0.0226. The lowest BCUT2D eigenvalue weighted by atomic mass is 9.87. The maximum atomic E-state index is 14.6. The highest BCUT2D eigenvalue weighted by atomic mass is 32.7. The maximum Gasteiger partial charge on any atom is 0.475 e. The van der Waals surface area contributed by atoms with Crippen molar-refractivity contribution in [3.05, 3.63) is 29.3 Å². The van der Waals surface area contributed by atoms with E-state index >= 15 is 0 Å². The summed E-state index contributed by atoms with van der Waals surface area (Å²) in [5.41, 5.74) is 9.31. The summed E-state index contributed by atoms with van der Waals surface area (Å²) >= 11 is 4.25. The largest absolute Gasteiger partial charge is 0.475 e. The number of methoxy groups -OCH3 is 1. The number of nitrogens with zero attached hydrogens (tertiary/aromatic N) is 7. The normalized spacial score (nSPS) is 36.9. The molecule has 0 radical (unpaired) electrons. The molecule has 2 aliphatic heterocycles. The number of imidazole rings is 2. The van der Waals surface area contributed by atoms with Gasteiger partial charge in [0, 0.05) is 18.9 Å². The minimum Gasteiger partial charge on any atom is -0.388 e. The average Bonchev–Trinajstić information content (AvgIpc) is 3.82. The van der Waals surface area contributed by atoms with Crippen LogP contribution in [0.1, 0.15) is 39.0 Å². The van der Waals surface area contributed by atoms with Gasteiger partial charge in [-0.3, -0.25) is 32.4 Å². The van der Waals surface area contributed by atoms with Gasteiger partial charge < -0.3 is 35.1 Å². The second-order valence-corrected chi connectivity index (χ2v) is 17.0. The predicted octanol–water partition coefficient (Wildman–Crippen LogP) is 1.74. The number of nitrogens with two attached hydrogens (primary N) is 2. The summed E-state index contributed by atoms with van der Waals surface area (Å²) in [5, 5.41) is 11.7. The van der Waals surface area contributed by atoms with E-state index in [2.05, 4.69) is 42.2 Å². The van der Waals surface area contributed by atoms with Crippen LogP contribution in [0.15, 0.2) is 23.8 Å². The Bertz CT molecular complexity index is 2080. The Morgan fingerprint density at radius 3 is 2.60 bits per heavy atom. The zero-order valence-corrected chi connectivity index (χ0v) is 29.7. The zero-order valence-electron chi connectivity index (χ0n) is 27.0. The number of aliphatic hydroxyl groups is 1. The van der Waals surface area contributed by atoms with E-state index in [4.69, 9.17) is 43.6 Å². The van der Waals surface area contributed by atoms with Crippen LogP contribution in [0.4, 0.5) is 11.8 Å². The molecule has 50 heavy (non-hydrogen) atoms. The van der Waals surface area contributed by atoms with Crippen LogP contribution in [0.2, 0.25) is 0 Å². The summed E-state index contributed by atoms with van der Waals surface area (Å²) in [6.45, 7) is -1.80. The van der Waals surface area contributed by atoms with Crippen LogP contribution >= 0.6 is 26.9 Å². The number of nitrogen functional groups attached to an aromatic ring is 2. The third-order valence-electron chi connectivity index (χ3n) is 9.33. The Morgan fingerprint density at radius 1 is 1.08 bits per heavy atom. The monoisotopic (exact) mass is 758 g/mol. The Kier molecular flexibility index (Phi) is 9.12. The van der Waals surface area contributed by atoms with Crippen molar-refractivity contribution in [3.8, 4) is 0 Å². The number of fused-ring (bicyclic) bond motifs is 4. The van der Waals surface area contributed by atoms with E-state index in [1.54, 1.807) is 18.4 Å². The lowest BCUT2D eigenvalue weighted by Gasteiger charge is -2.36. The van der Waals surface area contributed by atoms with E-state index in [1.807, 2.05) is 0 Å². The van der Waals surface area contributed by atoms with Crippen LogP contribution in [0.25, 0.3) is 22.3 Å². The molecule has 3 fully saturated rings. The van der Waals surface area contributed by atoms with Crippen molar-refractivity contribution in [3.63, 3.8) is 0 Å². The van der Waals surface area contributed by atoms with Gasteiger partial charge in [0.05, 0.1) is 45.1 Å². The molecule has 21 nitrogen and oxygen atoms in total. The molecule has 272 valence electrons. The van der Waals surface area contributed by atoms with Crippen molar-refractivity contribution < 1.29 is 46.3 Å². The standard InChI is InChI=1S/C26H36N10O11P2S/c1-4-43-48(39)45-8-25(2)7-13(35-11-31-14-19(27)29-10-30-20(14)35)16(37)17(25)47-49(40,50)44-6-5-26(41-3)9-42-23(18(26)46-48)36-12-32-15-21(36)33-24(28)34-22(15)38/h10-13,16-18,23,37H,4-9H2,1-3H3,(H,40,50)(H2,27,29,30)(H3,28,33,34,38)/t13-,16+,17+,18+,23-,25-,26?,48-,49-/m1/s1. The first-order valence-corrected chi connectivity index (χ1v) is 19.6. The van der Waals surface area contributed by atoms with Gasteiger partial charge in [-0.05, 0) is 13.3 Å². The van der Waals surface area contributed by atoms with Crippen LogP contribution in [0.3, 0.4) is 0 Å². The van der Waals surface area contributed by atoms with Crippen LogP contribution in [0, 0.1) is 5.41 Å². The molecule has 4 aromatic rings. The molecule has 6 heterocycles.